The van der Waals surface area contributed by atoms with E-state index in [0.717, 1.165) is 70.1 Å². The second-order valence-corrected chi connectivity index (χ2v) is 10.4. The number of unbranched alkanes of at least 4 members (excludes halogenated alkanes) is 1. The number of Topliss-reactive ketones (excluding diaryl/α,β-unsaturated/α-hetero) is 1. The van der Waals surface area contributed by atoms with E-state index in [4.69, 9.17) is 10.7 Å². The van der Waals surface area contributed by atoms with E-state index in [1.165, 1.54) is 38.5 Å². The highest BCUT2D eigenvalue weighted by molar-refractivity contribution is 6.06. The molecule has 170 valence electrons. The molecule has 2 saturated carbocycles. The highest BCUT2D eigenvalue weighted by Crippen LogP contribution is 2.42. The lowest BCUT2D eigenvalue weighted by Crippen LogP contribution is -2.44. The molecule has 1 aliphatic heterocycles. The minimum atomic E-state index is -0.658. The Kier molecular flexibility index (Phi) is 8.35. The number of rotatable bonds is 10. The molecule has 1 heterocycles. The molecule has 2 fully saturated rings. The van der Waals surface area contributed by atoms with Crippen molar-refractivity contribution in [2.45, 2.75) is 115 Å². The summed E-state index contributed by atoms with van der Waals surface area (Å²) in [5.74, 6) is 2.59. The minimum Gasteiger partial charge on any atom is -0.369 e. The number of hydrogen-bond donors (Lipinski definition) is 1. The summed E-state index contributed by atoms with van der Waals surface area (Å²) in [6.07, 6.45) is 17.4. The number of nitrogens with zero attached hydrogens (tertiary/aromatic N) is 2. The number of carbonyl (C=O) groups is 2. The summed E-state index contributed by atoms with van der Waals surface area (Å²) >= 11 is 0. The van der Waals surface area contributed by atoms with Crippen molar-refractivity contribution in [1.29, 1.82) is 0 Å². The highest BCUT2D eigenvalue weighted by Gasteiger charge is 2.48. The molecule has 0 saturated heterocycles. The van der Waals surface area contributed by atoms with Crippen LogP contribution in [0.4, 0.5) is 0 Å². The summed E-state index contributed by atoms with van der Waals surface area (Å²) in [5.41, 5.74) is 5.45. The lowest BCUT2D eigenvalue weighted by Gasteiger charge is -2.35. The fourth-order valence-corrected chi connectivity index (χ4v) is 6.12. The predicted octanol–water partition coefficient (Wildman–Crippen LogP) is 5.22. The quantitative estimate of drug-likeness (QED) is 0.529. The van der Waals surface area contributed by atoms with Crippen molar-refractivity contribution < 1.29 is 9.59 Å². The zero-order valence-corrected chi connectivity index (χ0v) is 19.3. The van der Waals surface area contributed by atoms with E-state index < -0.39 is 5.54 Å². The van der Waals surface area contributed by atoms with Crippen LogP contribution in [0.3, 0.4) is 0 Å². The van der Waals surface area contributed by atoms with Gasteiger partial charge in [-0.05, 0) is 49.9 Å². The summed E-state index contributed by atoms with van der Waals surface area (Å²) in [7, 11) is 1.76. The van der Waals surface area contributed by atoms with Crippen molar-refractivity contribution in [2.75, 3.05) is 7.05 Å². The van der Waals surface area contributed by atoms with Crippen LogP contribution in [0.15, 0.2) is 4.99 Å². The number of likely N-dealkylation sites (N-methyl/N-ethyl adjacent to an activating group) is 1. The van der Waals surface area contributed by atoms with Gasteiger partial charge in [0.1, 0.15) is 11.3 Å². The molecule has 3 atom stereocenters. The Hall–Kier alpha value is -1.39. The SMILES string of the molecule is CCCCC(=O)C[C@@H]1CCC[C@H](C[C@@]2(CCC3CCCCC3)N=C(N)N(C)C2=O)C1. The summed E-state index contributed by atoms with van der Waals surface area (Å²) in [5, 5.41) is 0. The fourth-order valence-electron chi connectivity index (χ4n) is 6.12. The molecule has 3 rings (SSSR count). The second kappa shape index (κ2) is 10.8. The van der Waals surface area contributed by atoms with Gasteiger partial charge in [-0.3, -0.25) is 14.5 Å². The maximum atomic E-state index is 13.2. The van der Waals surface area contributed by atoms with E-state index >= 15 is 0 Å². The number of hydrogen-bond acceptors (Lipinski definition) is 4. The maximum Gasteiger partial charge on any atom is 0.257 e. The van der Waals surface area contributed by atoms with E-state index in [1.54, 1.807) is 11.9 Å². The van der Waals surface area contributed by atoms with Crippen LogP contribution in [0.2, 0.25) is 0 Å². The van der Waals surface area contributed by atoms with Gasteiger partial charge < -0.3 is 5.73 Å². The molecular weight excluding hydrogens is 374 g/mol. The van der Waals surface area contributed by atoms with Crippen LogP contribution < -0.4 is 5.73 Å². The van der Waals surface area contributed by atoms with E-state index in [9.17, 15) is 9.59 Å². The molecule has 0 unspecified atom stereocenters. The van der Waals surface area contributed by atoms with Crippen LogP contribution in [-0.4, -0.2) is 35.1 Å². The van der Waals surface area contributed by atoms with Crippen molar-refractivity contribution in [1.82, 2.24) is 4.90 Å². The van der Waals surface area contributed by atoms with E-state index in [-0.39, 0.29) is 5.91 Å². The first-order valence-electron chi connectivity index (χ1n) is 12.6. The second-order valence-electron chi connectivity index (χ2n) is 10.4. The van der Waals surface area contributed by atoms with Crippen molar-refractivity contribution in [3.63, 3.8) is 0 Å². The number of guanidine groups is 1. The molecule has 0 radical (unpaired) electrons. The fraction of sp³-hybridized carbons (Fsp3) is 0.880. The number of ketones is 1. The van der Waals surface area contributed by atoms with Gasteiger partial charge >= 0.3 is 0 Å². The van der Waals surface area contributed by atoms with Crippen LogP contribution in [0.1, 0.15) is 110 Å². The third-order valence-corrected chi connectivity index (χ3v) is 7.91. The molecule has 2 aliphatic carbocycles. The van der Waals surface area contributed by atoms with Crippen molar-refractivity contribution in [2.24, 2.45) is 28.5 Å². The number of aliphatic imine (C=N–C) groups is 1. The molecule has 0 spiro atoms. The van der Waals surface area contributed by atoms with Gasteiger partial charge in [-0.15, -0.1) is 0 Å². The standard InChI is InChI=1S/C25H43N3O2/c1-3-4-13-22(29)17-20-11-8-12-21(16-20)18-25(23(30)28(2)24(26)27-25)15-14-19-9-6-5-7-10-19/h19-21H,3-18H2,1-2H3,(H2,26,27)/t20-,21+,25-/m1/s1. The van der Waals surface area contributed by atoms with Crippen molar-refractivity contribution >= 4 is 17.6 Å². The van der Waals surface area contributed by atoms with Gasteiger partial charge in [0, 0.05) is 19.9 Å². The van der Waals surface area contributed by atoms with Gasteiger partial charge in [-0.2, -0.15) is 0 Å². The maximum absolute atomic E-state index is 13.2. The first kappa shape index (κ1) is 23.3. The third kappa shape index (κ3) is 5.85. The number of carbonyl (C=O) groups excluding carboxylic acids is 2. The number of amides is 1. The highest BCUT2D eigenvalue weighted by atomic mass is 16.2. The minimum absolute atomic E-state index is 0.0944. The molecule has 0 aromatic heterocycles. The summed E-state index contributed by atoms with van der Waals surface area (Å²) in [6, 6.07) is 0. The molecule has 0 aromatic carbocycles. The van der Waals surface area contributed by atoms with Gasteiger partial charge in [-0.1, -0.05) is 64.7 Å². The Morgan fingerprint density at radius 1 is 1.10 bits per heavy atom. The Bertz CT molecular complexity index is 626. The molecule has 1 amide bonds. The Balaban J connectivity index is 1.62. The van der Waals surface area contributed by atoms with Crippen LogP contribution in [0.5, 0.6) is 0 Å². The van der Waals surface area contributed by atoms with Gasteiger partial charge in [0.2, 0.25) is 0 Å². The topological polar surface area (TPSA) is 75.8 Å². The first-order chi connectivity index (χ1) is 14.4. The van der Waals surface area contributed by atoms with E-state index in [1.807, 2.05) is 0 Å². The van der Waals surface area contributed by atoms with Gasteiger partial charge in [0.15, 0.2) is 5.96 Å². The van der Waals surface area contributed by atoms with Gasteiger partial charge in [0.05, 0.1) is 0 Å². The molecule has 0 aromatic rings. The molecule has 0 bridgehead atoms. The number of nitrogens with two attached hydrogens (primary N) is 1. The van der Waals surface area contributed by atoms with Crippen LogP contribution in [-0.2, 0) is 9.59 Å². The summed E-state index contributed by atoms with van der Waals surface area (Å²) < 4.78 is 0. The van der Waals surface area contributed by atoms with Gasteiger partial charge in [-0.25, -0.2) is 4.99 Å². The normalized spacial score (nSPS) is 30.5. The third-order valence-electron chi connectivity index (χ3n) is 7.91. The molecular formula is C25H43N3O2. The van der Waals surface area contributed by atoms with Gasteiger partial charge in [0.25, 0.3) is 5.91 Å². The predicted molar refractivity (Wildman–Crippen MR) is 122 cm³/mol. The average molecular weight is 418 g/mol. The van der Waals surface area contributed by atoms with Crippen molar-refractivity contribution in [3.8, 4) is 0 Å². The largest absolute Gasteiger partial charge is 0.369 e. The Labute approximate surface area is 183 Å². The zero-order chi connectivity index (χ0) is 21.6. The Morgan fingerprint density at radius 2 is 1.80 bits per heavy atom. The molecule has 3 aliphatic rings. The van der Waals surface area contributed by atoms with E-state index in [0.29, 0.717) is 23.6 Å². The monoisotopic (exact) mass is 417 g/mol. The lowest BCUT2D eigenvalue weighted by atomic mass is 9.71. The summed E-state index contributed by atoms with van der Waals surface area (Å²) in [6.45, 7) is 2.14. The average Bonchev–Trinajstić information content (AvgIpc) is 2.95. The Morgan fingerprint density at radius 3 is 2.47 bits per heavy atom. The molecule has 30 heavy (non-hydrogen) atoms. The molecule has 2 N–H and O–H groups in total. The molecule has 5 nitrogen and oxygen atoms in total. The van der Waals surface area contributed by atoms with Crippen LogP contribution >= 0.6 is 0 Å². The molecule has 5 heteroatoms. The summed E-state index contributed by atoms with van der Waals surface area (Å²) in [4.78, 5) is 31.9. The van der Waals surface area contributed by atoms with Crippen LogP contribution in [0.25, 0.3) is 0 Å². The smallest absolute Gasteiger partial charge is 0.257 e. The lowest BCUT2D eigenvalue weighted by molar-refractivity contribution is -0.131. The van der Waals surface area contributed by atoms with Crippen LogP contribution in [0, 0.1) is 17.8 Å². The van der Waals surface area contributed by atoms with E-state index in [2.05, 4.69) is 6.92 Å². The van der Waals surface area contributed by atoms with Crippen molar-refractivity contribution in [3.05, 3.63) is 0 Å². The first-order valence-corrected chi connectivity index (χ1v) is 12.6. The zero-order valence-electron chi connectivity index (χ0n) is 19.3.